The molecule has 0 saturated carbocycles. The minimum Gasteiger partial charge on any atom is -0.339 e. The van der Waals surface area contributed by atoms with Crippen LogP contribution in [0.15, 0.2) is 48.5 Å². The largest absolute Gasteiger partial charge is 0.339 e. The number of carbonyl (C=O) groups is 3. The van der Waals surface area contributed by atoms with Crippen LogP contribution in [-0.2, 0) is 6.54 Å². The fraction of sp³-hybridized carbons (Fsp3) is 0.318. The van der Waals surface area contributed by atoms with Gasteiger partial charge in [-0.15, -0.1) is 0 Å². The number of fused-ring (bicyclic) bond motifs is 1. The molecule has 144 valence electrons. The first-order chi connectivity index (χ1) is 13.6. The van der Waals surface area contributed by atoms with Gasteiger partial charge in [-0.3, -0.25) is 19.3 Å². The summed E-state index contributed by atoms with van der Waals surface area (Å²) in [4.78, 5) is 41.4. The van der Waals surface area contributed by atoms with Crippen LogP contribution >= 0.6 is 0 Å². The summed E-state index contributed by atoms with van der Waals surface area (Å²) in [7, 11) is 1.81. The quantitative estimate of drug-likeness (QED) is 0.830. The second-order valence-electron chi connectivity index (χ2n) is 7.34. The zero-order chi connectivity index (χ0) is 19.7. The van der Waals surface area contributed by atoms with Gasteiger partial charge in [-0.1, -0.05) is 30.3 Å². The molecular weight excluding hydrogens is 354 g/mol. The van der Waals surface area contributed by atoms with Crippen LogP contribution in [0.2, 0.25) is 0 Å². The maximum Gasteiger partial charge on any atom is 0.261 e. The molecule has 2 aliphatic rings. The molecule has 6 heteroatoms. The van der Waals surface area contributed by atoms with E-state index in [4.69, 9.17) is 0 Å². The van der Waals surface area contributed by atoms with Crippen molar-refractivity contribution in [2.75, 3.05) is 20.1 Å². The van der Waals surface area contributed by atoms with Gasteiger partial charge < -0.3 is 10.2 Å². The smallest absolute Gasteiger partial charge is 0.261 e. The minimum absolute atomic E-state index is 0.114. The van der Waals surface area contributed by atoms with Crippen molar-refractivity contribution in [2.45, 2.75) is 25.4 Å². The van der Waals surface area contributed by atoms with Crippen molar-refractivity contribution in [3.05, 3.63) is 70.8 Å². The summed E-state index contributed by atoms with van der Waals surface area (Å²) in [6.45, 7) is 2.02. The van der Waals surface area contributed by atoms with E-state index in [-0.39, 0.29) is 30.3 Å². The number of carbonyl (C=O) groups excluding carboxylic acids is 3. The Morgan fingerprint density at radius 3 is 2.43 bits per heavy atom. The molecule has 0 spiro atoms. The number of amides is 3. The van der Waals surface area contributed by atoms with Gasteiger partial charge in [0, 0.05) is 18.7 Å². The molecule has 2 heterocycles. The Balaban J connectivity index is 1.55. The SMILES string of the molecule is CN(C(=O)c1ccc2c(c1)C(=O)N(Cc1ccccc1)C2=O)C1CCNCC1. The molecule has 0 radical (unpaired) electrons. The van der Waals surface area contributed by atoms with Crippen LogP contribution in [0.4, 0.5) is 0 Å². The second kappa shape index (κ2) is 7.56. The third-order valence-electron chi connectivity index (χ3n) is 5.58. The van der Waals surface area contributed by atoms with Crippen LogP contribution in [0.1, 0.15) is 49.5 Å². The highest BCUT2D eigenvalue weighted by Gasteiger charge is 2.36. The van der Waals surface area contributed by atoms with Crippen molar-refractivity contribution in [1.29, 1.82) is 0 Å². The Morgan fingerprint density at radius 1 is 1.04 bits per heavy atom. The molecule has 1 N–H and O–H groups in total. The van der Waals surface area contributed by atoms with E-state index in [2.05, 4.69) is 5.32 Å². The average Bonchev–Trinajstić information content (AvgIpc) is 2.98. The van der Waals surface area contributed by atoms with Crippen LogP contribution in [0, 0.1) is 0 Å². The van der Waals surface area contributed by atoms with Gasteiger partial charge in [-0.2, -0.15) is 0 Å². The van der Waals surface area contributed by atoms with Gasteiger partial charge in [0.15, 0.2) is 0 Å². The predicted octanol–water partition coefficient (Wildman–Crippen LogP) is 2.31. The number of nitrogens with zero attached hydrogens (tertiary/aromatic N) is 2. The normalized spacial score (nSPS) is 17.0. The Labute approximate surface area is 164 Å². The van der Waals surface area contributed by atoms with E-state index in [0.29, 0.717) is 16.7 Å². The lowest BCUT2D eigenvalue weighted by Gasteiger charge is -2.31. The maximum atomic E-state index is 12.9. The molecular formula is C22H23N3O3. The Bertz CT molecular complexity index is 920. The molecule has 0 atom stereocenters. The zero-order valence-corrected chi connectivity index (χ0v) is 15.9. The molecule has 0 aromatic heterocycles. The van der Waals surface area contributed by atoms with Crippen molar-refractivity contribution in [3.8, 4) is 0 Å². The molecule has 0 bridgehead atoms. The third-order valence-corrected chi connectivity index (χ3v) is 5.58. The van der Waals surface area contributed by atoms with E-state index in [1.165, 1.54) is 4.90 Å². The second-order valence-corrected chi connectivity index (χ2v) is 7.34. The first kappa shape index (κ1) is 18.4. The highest BCUT2D eigenvalue weighted by molar-refractivity contribution is 6.22. The lowest BCUT2D eigenvalue weighted by molar-refractivity contribution is 0.0641. The number of piperidine rings is 1. The van der Waals surface area contributed by atoms with E-state index in [1.54, 1.807) is 30.1 Å². The van der Waals surface area contributed by atoms with Crippen LogP contribution in [-0.4, -0.2) is 53.7 Å². The van der Waals surface area contributed by atoms with Gasteiger partial charge in [0.05, 0.1) is 17.7 Å². The van der Waals surface area contributed by atoms with Crippen molar-refractivity contribution in [1.82, 2.24) is 15.1 Å². The van der Waals surface area contributed by atoms with Gasteiger partial charge >= 0.3 is 0 Å². The maximum absolute atomic E-state index is 12.9. The predicted molar refractivity (Wildman–Crippen MR) is 105 cm³/mol. The lowest BCUT2D eigenvalue weighted by atomic mass is 10.0. The van der Waals surface area contributed by atoms with E-state index in [0.717, 1.165) is 31.5 Å². The third kappa shape index (κ3) is 3.31. The number of hydrogen-bond acceptors (Lipinski definition) is 4. The van der Waals surface area contributed by atoms with Crippen molar-refractivity contribution >= 4 is 17.7 Å². The first-order valence-corrected chi connectivity index (χ1v) is 9.58. The summed E-state index contributed by atoms with van der Waals surface area (Å²) in [6, 6.07) is 14.4. The van der Waals surface area contributed by atoms with Crippen molar-refractivity contribution < 1.29 is 14.4 Å². The zero-order valence-electron chi connectivity index (χ0n) is 15.9. The van der Waals surface area contributed by atoms with E-state index < -0.39 is 0 Å². The molecule has 0 unspecified atom stereocenters. The molecule has 2 aliphatic heterocycles. The number of hydrogen-bond donors (Lipinski definition) is 1. The van der Waals surface area contributed by atoms with E-state index in [9.17, 15) is 14.4 Å². The summed E-state index contributed by atoms with van der Waals surface area (Å²) in [5, 5.41) is 3.29. The topological polar surface area (TPSA) is 69.7 Å². The average molecular weight is 377 g/mol. The molecule has 1 fully saturated rings. The number of rotatable bonds is 4. The first-order valence-electron chi connectivity index (χ1n) is 9.58. The van der Waals surface area contributed by atoms with Gasteiger partial charge in [-0.05, 0) is 49.7 Å². The molecule has 3 amide bonds. The summed E-state index contributed by atoms with van der Waals surface area (Å²) < 4.78 is 0. The molecule has 4 rings (SSSR count). The molecule has 28 heavy (non-hydrogen) atoms. The van der Waals surface area contributed by atoms with Crippen LogP contribution in [0.3, 0.4) is 0 Å². The van der Waals surface area contributed by atoms with Gasteiger partial charge in [-0.25, -0.2) is 0 Å². The molecule has 2 aromatic rings. The van der Waals surface area contributed by atoms with Crippen molar-refractivity contribution in [2.24, 2.45) is 0 Å². The van der Waals surface area contributed by atoms with Crippen LogP contribution < -0.4 is 5.32 Å². The summed E-state index contributed by atoms with van der Waals surface area (Å²) in [5.74, 6) is -0.769. The number of benzene rings is 2. The molecule has 1 saturated heterocycles. The van der Waals surface area contributed by atoms with E-state index >= 15 is 0 Å². The van der Waals surface area contributed by atoms with Crippen LogP contribution in [0.5, 0.6) is 0 Å². The molecule has 6 nitrogen and oxygen atoms in total. The summed E-state index contributed by atoms with van der Waals surface area (Å²) >= 11 is 0. The summed E-state index contributed by atoms with van der Waals surface area (Å²) in [6.07, 6.45) is 1.82. The number of imide groups is 1. The highest BCUT2D eigenvalue weighted by Crippen LogP contribution is 2.26. The Kier molecular flexibility index (Phi) is 4.96. The van der Waals surface area contributed by atoms with Crippen LogP contribution in [0.25, 0.3) is 0 Å². The fourth-order valence-corrected chi connectivity index (χ4v) is 3.90. The monoisotopic (exact) mass is 377 g/mol. The van der Waals surface area contributed by atoms with E-state index in [1.807, 2.05) is 30.3 Å². The highest BCUT2D eigenvalue weighted by atomic mass is 16.2. The standard InChI is InChI=1S/C22H23N3O3/c1-24(17-9-11-23-12-10-17)20(26)16-7-8-18-19(13-16)22(28)25(21(18)27)14-15-5-3-2-4-6-15/h2-8,13,17,23H,9-12,14H2,1H3. The Hall–Kier alpha value is -2.99. The summed E-state index contributed by atoms with van der Waals surface area (Å²) in [5.41, 5.74) is 2.01. The molecule has 0 aliphatic carbocycles. The Morgan fingerprint density at radius 2 is 1.71 bits per heavy atom. The molecule has 2 aromatic carbocycles. The lowest BCUT2D eigenvalue weighted by Crippen LogP contribution is -2.44. The van der Waals surface area contributed by atoms with Crippen molar-refractivity contribution in [3.63, 3.8) is 0 Å². The van der Waals surface area contributed by atoms with Gasteiger partial charge in [0.1, 0.15) is 0 Å². The minimum atomic E-state index is -0.344. The van der Waals surface area contributed by atoms with Gasteiger partial charge in [0.25, 0.3) is 17.7 Å². The number of nitrogens with one attached hydrogen (secondary N) is 1. The van der Waals surface area contributed by atoms with Gasteiger partial charge in [0.2, 0.25) is 0 Å². The fourth-order valence-electron chi connectivity index (χ4n) is 3.90.